The van der Waals surface area contributed by atoms with Crippen molar-refractivity contribution >= 4 is 18.2 Å². The molecule has 1 atom stereocenters. The molecule has 1 aromatic carbocycles. The van der Waals surface area contributed by atoms with Crippen LogP contribution in [-0.4, -0.2) is 24.1 Å². The van der Waals surface area contributed by atoms with Crippen molar-refractivity contribution in [1.29, 1.82) is 0 Å². The molecule has 0 saturated heterocycles. The molecule has 0 amide bonds. The third-order valence-corrected chi connectivity index (χ3v) is 7.67. The van der Waals surface area contributed by atoms with Crippen molar-refractivity contribution in [3.63, 3.8) is 0 Å². The van der Waals surface area contributed by atoms with Gasteiger partial charge in [-0.25, -0.2) is 4.57 Å². The van der Waals surface area contributed by atoms with Gasteiger partial charge in [-0.15, -0.1) is 0 Å². The second-order valence-corrected chi connectivity index (χ2v) is 10.8. The van der Waals surface area contributed by atoms with Gasteiger partial charge in [0.15, 0.2) is 0 Å². The first-order chi connectivity index (χ1) is 11.2. The lowest BCUT2D eigenvalue weighted by molar-refractivity contribution is 0.167. The Morgan fingerprint density at radius 3 is 2.12 bits per heavy atom. The quantitative estimate of drug-likeness (QED) is 0.420. The maximum absolute atomic E-state index is 12.3. The number of rotatable bonds is 10. The van der Waals surface area contributed by atoms with Crippen LogP contribution in [0.5, 0.6) is 0 Å². The largest absolute Gasteiger partial charge is 0.389 e. The van der Waals surface area contributed by atoms with Crippen LogP contribution < -0.4 is 0 Å². The van der Waals surface area contributed by atoms with E-state index in [4.69, 9.17) is 9.05 Å². The molecule has 0 unspecified atom stereocenters. The lowest BCUT2D eigenvalue weighted by Gasteiger charge is -2.20. The summed E-state index contributed by atoms with van der Waals surface area (Å²) in [5.74, 6) is 0.633. The highest BCUT2D eigenvalue weighted by Crippen LogP contribution is 2.60. The molecule has 0 aliphatic carbocycles. The van der Waals surface area contributed by atoms with Crippen molar-refractivity contribution in [2.45, 2.75) is 59.0 Å². The van der Waals surface area contributed by atoms with E-state index in [0.29, 0.717) is 25.4 Å². The minimum absolute atomic E-state index is 0.111. The molecule has 0 fully saturated rings. The highest BCUT2D eigenvalue weighted by atomic mass is 32.7. The summed E-state index contributed by atoms with van der Waals surface area (Å²) in [4.78, 5) is 0. The van der Waals surface area contributed by atoms with E-state index in [2.05, 4.69) is 32.9 Å². The Kier molecular flexibility index (Phi) is 9.03. The summed E-state index contributed by atoms with van der Waals surface area (Å²) in [5.41, 5.74) is 2.29. The van der Waals surface area contributed by atoms with Gasteiger partial charge < -0.3 is 14.2 Å². The molecule has 24 heavy (non-hydrogen) atoms. The standard InChI is InChI=1S/C18H31O4PS/c1-6-21-23(20,22-7-2)24-14-8-9-17(19)15-10-12-16(13-11-15)18(3,4)5/h10-13,17,19H,6-9,14H2,1-5H3/t17-/m1/s1. The van der Waals surface area contributed by atoms with Crippen LogP contribution >= 0.6 is 18.2 Å². The molecule has 0 heterocycles. The Labute approximate surface area is 150 Å². The monoisotopic (exact) mass is 374 g/mol. The number of aliphatic hydroxyl groups is 1. The zero-order valence-corrected chi connectivity index (χ0v) is 17.2. The third kappa shape index (κ3) is 7.28. The number of hydrogen-bond donors (Lipinski definition) is 1. The van der Waals surface area contributed by atoms with E-state index in [9.17, 15) is 9.67 Å². The van der Waals surface area contributed by atoms with Gasteiger partial charge in [-0.2, -0.15) is 0 Å². The number of benzene rings is 1. The van der Waals surface area contributed by atoms with Gasteiger partial charge in [0, 0.05) is 5.75 Å². The van der Waals surface area contributed by atoms with Crippen molar-refractivity contribution in [2.75, 3.05) is 19.0 Å². The minimum Gasteiger partial charge on any atom is -0.388 e. The predicted molar refractivity (Wildman–Crippen MR) is 103 cm³/mol. The van der Waals surface area contributed by atoms with Crippen LogP contribution in [0.4, 0.5) is 0 Å². The van der Waals surface area contributed by atoms with Crippen LogP contribution in [0.2, 0.25) is 0 Å². The van der Waals surface area contributed by atoms with Gasteiger partial charge in [-0.05, 0) is 54.6 Å². The molecule has 0 aliphatic heterocycles. The predicted octanol–water partition coefficient (Wildman–Crippen LogP) is 5.71. The van der Waals surface area contributed by atoms with Gasteiger partial charge >= 0.3 is 6.80 Å². The number of hydrogen-bond acceptors (Lipinski definition) is 5. The van der Waals surface area contributed by atoms with E-state index in [0.717, 1.165) is 12.0 Å². The molecular formula is C18H31O4PS. The molecule has 1 aromatic rings. The summed E-state index contributed by atoms with van der Waals surface area (Å²) in [7, 11) is 0. The fourth-order valence-electron chi connectivity index (χ4n) is 2.25. The van der Waals surface area contributed by atoms with Crippen LogP contribution in [0.3, 0.4) is 0 Å². The first-order valence-electron chi connectivity index (χ1n) is 8.54. The van der Waals surface area contributed by atoms with Gasteiger partial charge in [0.2, 0.25) is 0 Å². The Morgan fingerprint density at radius 1 is 1.12 bits per heavy atom. The van der Waals surface area contributed by atoms with Crippen LogP contribution in [0.25, 0.3) is 0 Å². The molecular weight excluding hydrogens is 343 g/mol. The molecule has 0 bridgehead atoms. The van der Waals surface area contributed by atoms with E-state index < -0.39 is 12.9 Å². The van der Waals surface area contributed by atoms with E-state index in [-0.39, 0.29) is 5.41 Å². The fourth-order valence-corrected chi connectivity index (χ4v) is 5.77. The fraction of sp³-hybridized carbons (Fsp3) is 0.667. The summed E-state index contributed by atoms with van der Waals surface area (Å²) < 4.78 is 22.8. The Bertz CT molecular complexity index is 515. The van der Waals surface area contributed by atoms with Crippen molar-refractivity contribution in [3.8, 4) is 0 Å². The van der Waals surface area contributed by atoms with Gasteiger partial charge in [0.1, 0.15) is 0 Å². The van der Waals surface area contributed by atoms with E-state index in [1.54, 1.807) is 13.8 Å². The lowest BCUT2D eigenvalue weighted by Crippen LogP contribution is -2.11. The van der Waals surface area contributed by atoms with E-state index >= 15 is 0 Å². The van der Waals surface area contributed by atoms with E-state index in [1.165, 1.54) is 16.9 Å². The number of aliphatic hydroxyl groups excluding tert-OH is 1. The Balaban J connectivity index is 2.46. The molecule has 0 saturated carbocycles. The average Bonchev–Trinajstić information content (AvgIpc) is 2.51. The summed E-state index contributed by atoms with van der Waals surface area (Å²) >= 11 is 1.22. The summed E-state index contributed by atoms with van der Waals surface area (Å²) in [6.45, 7) is 7.81. The van der Waals surface area contributed by atoms with Crippen LogP contribution in [0.15, 0.2) is 24.3 Å². The van der Waals surface area contributed by atoms with Gasteiger partial charge in [-0.3, -0.25) is 0 Å². The molecule has 1 rings (SSSR count). The second kappa shape index (κ2) is 9.98. The first kappa shape index (κ1) is 21.7. The normalized spacial score (nSPS) is 13.9. The van der Waals surface area contributed by atoms with Crippen molar-refractivity contribution in [1.82, 2.24) is 0 Å². The molecule has 4 nitrogen and oxygen atoms in total. The highest BCUT2D eigenvalue weighted by Gasteiger charge is 2.24. The van der Waals surface area contributed by atoms with Crippen LogP contribution in [0.1, 0.15) is 64.7 Å². The smallest absolute Gasteiger partial charge is 0.388 e. The maximum atomic E-state index is 12.3. The molecule has 138 valence electrons. The maximum Gasteiger partial charge on any atom is 0.389 e. The Morgan fingerprint density at radius 2 is 1.67 bits per heavy atom. The lowest BCUT2D eigenvalue weighted by atomic mass is 9.86. The second-order valence-electron chi connectivity index (χ2n) is 6.65. The molecule has 1 N–H and O–H groups in total. The molecule has 0 radical (unpaired) electrons. The van der Waals surface area contributed by atoms with E-state index in [1.807, 2.05) is 12.1 Å². The van der Waals surface area contributed by atoms with Crippen LogP contribution in [-0.2, 0) is 19.0 Å². The average molecular weight is 374 g/mol. The molecule has 6 heteroatoms. The Hall–Kier alpha value is -0.320. The molecule has 0 aliphatic rings. The van der Waals surface area contributed by atoms with Gasteiger partial charge in [0.25, 0.3) is 0 Å². The summed E-state index contributed by atoms with van der Waals surface area (Å²) in [6, 6.07) is 8.13. The summed E-state index contributed by atoms with van der Waals surface area (Å²) in [6.07, 6.45) is 0.870. The van der Waals surface area contributed by atoms with Gasteiger partial charge in [0.05, 0.1) is 19.3 Å². The highest BCUT2D eigenvalue weighted by molar-refractivity contribution is 8.55. The first-order valence-corrected chi connectivity index (χ1v) is 11.7. The topological polar surface area (TPSA) is 55.8 Å². The zero-order valence-electron chi connectivity index (χ0n) is 15.4. The zero-order chi connectivity index (χ0) is 18.2. The van der Waals surface area contributed by atoms with Crippen molar-refractivity contribution in [3.05, 3.63) is 35.4 Å². The molecule has 0 spiro atoms. The van der Waals surface area contributed by atoms with Crippen molar-refractivity contribution in [2.24, 2.45) is 0 Å². The van der Waals surface area contributed by atoms with Crippen LogP contribution in [0, 0.1) is 0 Å². The summed E-state index contributed by atoms with van der Waals surface area (Å²) in [5, 5.41) is 10.3. The van der Waals surface area contributed by atoms with Gasteiger partial charge in [-0.1, -0.05) is 45.0 Å². The van der Waals surface area contributed by atoms with Crippen molar-refractivity contribution < 1.29 is 18.7 Å². The molecule has 0 aromatic heterocycles. The third-order valence-electron chi connectivity index (χ3n) is 3.61. The SMILES string of the molecule is CCOP(=O)(OCC)SCCC[C@@H](O)c1ccc(C(C)(C)C)cc1. The minimum atomic E-state index is -3.04.